The predicted molar refractivity (Wildman–Crippen MR) is 265 cm³/mol. The van der Waals surface area contributed by atoms with Crippen molar-refractivity contribution in [1.82, 2.24) is 0 Å². The number of benzene rings is 6. The van der Waals surface area contributed by atoms with Crippen molar-refractivity contribution in [3.05, 3.63) is 109 Å². The molecule has 6 aromatic rings. The van der Waals surface area contributed by atoms with Gasteiger partial charge in [0.15, 0.2) is 23.0 Å². The van der Waals surface area contributed by atoms with Crippen molar-refractivity contribution in [3.8, 4) is 57.5 Å². The van der Waals surface area contributed by atoms with Crippen LogP contribution < -0.4 is 14.2 Å². The van der Waals surface area contributed by atoms with Gasteiger partial charge in [-0.2, -0.15) is 0 Å². The predicted octanol–water partition coefficient (Wildman–Crippen LogP) is 12.7. The van der Waals surface area contributed by atoms with E-state index in [1.54, 1.807) is 52.0 Å². The zero-order chi connectivity index (χ0) is 51.4. The van der Waals surface area contributed by atoms with E-state index in [4.69, 9.17) is 24.4 Å². The topological polar surface area (TPSA) is 221 Å². The summed E-state index contributed by atoms with van der Waals surface area (Å²) < 4.78 is 15.3. The minimum absolute atomic E-state index is 0.0770. The molecule has 0 heterocycles. The number of carbonyl (C=O) groups is 3. The third kappa shape index (κ3) is 15.5. The Morgan fingerprint density at radius 1 is 0.368 bits per heavy atom. The average molecular weight is 937 g/mol. The summed E-state index contributed by atoms with van der Waals surface area (Å²) in [4.78, 5) is 35.1. The van der Waals surface area contributed by atoms with Gasteiger partial charge in [-0.25, -0.2) is 0 Å². The van der Waals surface area contributed by atoms with Gasteiger partial charge in [0.2, 0.25) is 0 Å². The Hall–Kier alpha value is -7.15. The molecular weight excluding hydrogens is 869 g/mol. The summed E-state index contributed by atoms with van der Waals surface area (Å²) in [5.41, 5.74) is -0.146. The number of fused-ring (bicyclic) bond motifs is 2. The largest absolute Gasteiger partial charge is 0.508 e. The Morgan fingerprint density at radius 3 is 1.21 bits per heavy atom. The maximum absolute atomic E-state index is 11.7. The Labute approximate surface area is 399 Å². The molecule has 0 atom stereocenters. The molecule has 0 aliphatic carbocycles. The van der Waals surface area contributed by atoms with E-state index in [0.717, 1.165) is 34.4 Å². The first-order chi connectivity index (χ1) is 31.6. The number of hydrogen-bond donors (Lipinski definition) is 7. The fourth-order valence-electron chi connectivity index (χ4n) is 5.53. The first-order valence-electron chi connectivity index (χ1n) is 22.5. The normalized spacial score (nSPS) is 11.5. The minimum atomic E-state index is -0.582. The average Bonchev–Trinajstić information content (AvgIpc) is 3.28. The zero-order valence-electron chi connectivity index (χ0n) is 41.2. The van der Waals surface area contributed by atoms with E-state index in [0.29, 0.717) is 18.6 Å². The van der Waals surface area contributed by atoms with Crippen LogP contribution in [0.15, 0.2) is 103 Å². The molecule has 0 aliphatic rings. The van der Waals surface area contributed by atoms with Crippen molar-refractivity contribution in [2.45, 2.75) is 114 Å². The summed E-state index contributed by atoms with van der Waals surface area (Å²) in [7, 11) is 0. The van der Waals surface area contributed by atoms with Crippen molar-refractivity contribution >= 4 is 39.5 Å². The molecule has 6 aromatic carbocycles. The van der Waals surface area contributed by atoms with E-state index in [9.17, 15) is 39.9 Å². The molecule has 0 spiro atoms. The van der Waals surface area contributed by atoms with Gasteiger partial charge in [-0.1, -0.05) is 59.7 Å². The van der Waals surface area contributed by atoms with E-state index in [1.807, 2.05) is 40.7 Å². The van der Waals surface area contributed by atoms with Crippen LogP contribution in [0.25, 0.3) is 21.5 Å². The summed E-state index contributed by atoms with van der Waals surface area (Å²) in [5, 5.41) is 69.3. The second kappa shape index (κ2) is 23.0. The number of esters is 3. The maximum Gasteiger partial charge on any atom is 0.316 e. The van der Waals surface area contributed by atoms with Crippen LogP contribution in [0.2, 0.25) is 0 Å². The SMILES string of the molecule is CCC(C)(C)C(=O)Oc1cc(O)cc(O)c1.CCC(C)(C)C(=O)Oc1ccc(O)c(O)c1.CCC(C)(C)C(=O)Oc1ccc(O)cc1.CCC(C)(C)c1ccc2cc3cc(O)c(O)cc3cc2c1. The first-order valence-corrected chi connectivity index (χ1v) is 22.5. The molecule has 7 N–H and O–H groups in total. The number of ether oxygens (including phenoxy) is 3. The molecule has 0 radical (unpaired) electrons. The second-order valence-corrected chi connectivity index (χ2v) is 19.1. The van der Waals surface area contributed by atoms with E-state index in [1.165, 1.54) is 54.1 Å². The zero-order valence-corrected chi connectivity index (χ0v) is 41.2. The Balaban J connectivity index is 0.000000243. The van der Waals surface area contributed by atoms with Crippen molar-refractivity contribution in [2.24, 2.45) is 16.2 Å². The highest BCUT2D eigenvalue weighted by atomic mass is 16.5. The quantitative estimate of drug-likeness (QED) is 0.0278. The van der Waals surface area contributed by atoms with Gasteiger partial charge in [-0.05, 0) is 160 Å². The van der Waals surface area contributed by atoms with Gasteiger partial charge in [0.05, 0.1) is 16.2 Å². The van der Waals surface area contributed by atoms with Gasteiger partial charge in [0.25, 0.3) is 0 Å². The first kappa shape index (κ1) is 55.2. The van der Waals surface area contributed by atoms with E-state index < -0.39 is 16.2 Å². The lowest BCUT2D eigenvalue weighted by Crippen LogP contribution is -2.28. The summed E-state index contributed by atoms with van der Waals surface area (Å²) in [6.45, 7) is 23.2. The smallest absolute Gasteiger partial charge is 0.316 e. The summed E-state index contributed by atoms with van der Waals surface area (Å²) in [6.07, 6.45) is 3.12. The molecule has 13 nitrogen and oxygen atoms in total. The van der Waals surface area contributed by atoms with Gasteiger partial charge < -0.3 is 50.0 Å². The lowest BCUT2D eigenvalue weighted by Gasteiger charge is -2.23. The molecule has 0 saturated carbocycles. The molecule has 0 saturated heterocycles. The molecule has 0 unspecified atom stereocenters. The van der Waals surface area contributed by atoms with E-state index in [2.05, 4.69) is 45.0 Å². The standard InChI is InChI=1S/C19H20O2.2C12H16O4.C12H16O3/c1-4-19(2,3)16-6-5-12-7-14-10-17(20)18(21)11-15(14)8-13(12)9-16;1-4-12(2,3)11(15)16-10-6-8(13)5-9(14)7-10;1-4-12(2,3)11(15)16-8-5-6-9(13)10(14)7-8;1-4-12(2,3)11(14)15-10-7-5-9(13)6-8-10/h5-11,20-21H,4H2,1-3H3;2*5-7,13-14H,4H2,1-3H3;5-8,13H,4H2,1-3H3. The van der Waals surface area contributed by atoms with Crippen LogP contribution in [-0.2, 0) is 19.8 Å². The fraction of sp³-hybridized carbons (Fsp3) is 0.364. The molecule has 0 aromatic heterocycles. The lowest BCUT2D eigenvalue weighted by atomic mass is 9.81. The Bertz CT molecular complexity index is 2660. The molecule has 366 valence electrons. The number of aromatic hydroxyl groups is 7. The molecule has 0 bridgehead atoms. The van der Waals surface area contributed by atoms with Gasteiger partial charge in [0.1, 0.15) is 34.5 Å². The lowest BCUT2D eigenvalue weighted by molar-refractivity contribution is -0.144. The van der Waals surface area contributed by atoms with Crippen LogP contribution in [0, 0.1) is 16.2 Å². The molecule has 0 amide bonds. The number of hydrogen-bond acceptors (Lipinski definition) is 13. The van der Waals surface area contributed by atoms with Gasteiger partial charge >= 0.3 is 17.9 Å². The third-order valence-corrected chi connectivity index (χ3v) is 12.2. The maximum atomic E-state index is 11.7. The Kier molecular flexibility index (Phi) is 18.7. The summed E-state index contributed by atoms with van der Waals surface area (Å²) in [6, 6.07) is 27.6. The number of carbonyl (C=O) groups excluding carboxylic acids is 3. The minimum Gasteiger partial charge on any atom is -0.508 e. The highest BCUT2D eigenvalue weighted by Gasteiger charge is 2.29. The van der Waals surface area contributed by atoms with E-state index in [-0.39, 0.29) is 75.1 Å². The number of phenols is 7. The second-order valence-electron chi connectivity index (χ2n) is 19.1. The van der Waals surface area contributed by atoms with Crippen molar-refractivity contribution < 1.29 is 64.3 Å². The van der Waals surface area contributed by atoms with Gasteiger partial charge in [0, 0.05) is 24.3 Å². The summed E-state index contributed by atoms with van der Waals surface area (Å²) >= 11 is 0. The number of rotatable bonds is 11. The summed E-state index contributed by atoms with van der Waals surface area (Å²) in [5.74, 6) is -1.01. The van der Waals surface area contributed by atoms with Crippen LogP contribution in [0.4, 0.5) is 0 Å². The van der Waals surface area contributed by atoms with Crippen LogP contribution >= 0.6 is 0 Å². The molecular formula is C55H68O13. The molecule has 0 aliphatic heterocycles. The van der Waals surface area contributed by atoms with E-state index >= 15 is 0 Å². The molecule has 13 heteroatoms. The highest BCUT2D eigenvalue weighted by Crippen LogP contribution is 2.36. The Morgan fingerprint density at radius 2 is 0.765 bits per heavy atom. The number of phenolic OH excluding ortho intramolecular Hbond substituents is 7. The van der Waals surface area contributed by atoms with Crippen molar-refractivity contribution in [1.29, 1.82) is 0 Å². The van der Waals surface area contributed by atoms with Crippen LogP contribution in [0.3, 0.4) is 0 Å². The van der Waals surface area contributed by atoms with Crippen molar-refractivity contribution in [3.63, 3.8) is 0 Å². The van der Waals surface area contributed by atoms with Gasteiger partial charge in [-0.3, -0.25) is 14.4 Å². The van der Waals surface area contributed by atoms with Gasteiger partial charge in [-0.15, -0.1) is 0 Å². The highest BCUT2D eigenvalue weighted by molar-refractivity contribution is 5.99. The monoisotopic (exact) mass is 936 g/mol. The van der Waals surface area contributed by atoms with Crippen LogP contribution in [-0.4, -0.2) is 53.7 Å². The third-order valence-electron chi connectivity index (χ3n) is 12.2. The van der Waals surface area contributed by atoms with Crippen LogP contribution in [0.1, 0.15) is 114 Å². The fourth-order valence-corrected chi connectivity index (χ4v) is 5.53. The van der Waals surface area contributed by atoms with Crippen LogP contribution in [0.5, 0.6) is 57.5 Å². The molecule has 6 rings (SSSR count). The molecule has 0 fully saturated rings. The van der Waals surface area contributed by atoms with Crippen molar-refractivity contribution in [2.75, 3.05) is 0 Å². The molecule has 68 heavy (non-hydrogen) atoms.